The summed E-state index contributed by atoms with van der Waals surface area (Å²) < 4.78 is 11.5. The van der Waals surface area contributed by atoms with Crippen molar-refractivity contribution >= 4 is 36.3 Å². The summed E-state index contributed by atoms with van der Waals surface area (Å²) in [5.74, 6) is 0. The monoisotopic (exact) mass is 407 g/mol. The van der Waals surface area contributed by atoms with Gasteiger partial charge < -0.3 is 14.6 Å². The van der Waals surface area contributed by atoms with Gasteiger partial charge in [-0.2, -0.15) is 0 Å². The summed E-state index contributed by atoms with van der Waals surface area (Å²) in [5.41, 5.74) is 0.490. The number of hydrogen-bond acceptors (Lipinski definition) is 6. The number of carbonyl (C=O) groups is 2. The van der Waals surface area contributed by atoms with Gasteiger partial charge in [-0.05, 0) is 70.4 Å². The van der Waals surface area contributed by atoms with Crippen LogP contribution >= 0.6 is 11.9 Å². The van der Waals surface area contributed by atoms with Crippen molar-refractivity contribution in [3.63, 3.8) is 0 Å². The van der Waals surface area contributed by atoms with Crippen LogP contribution in [0.2, 0.25) is 0 Å². The number of ether oxygens (including phenoxy) is 2. The number of benzene rings is 1. The van der Waals surface area contributed by atoms with Crippen molar-refractivity contribution in [2.75, 3.05) is 0 Å². The summed E-state index contributed by atoms with van der Waals surface area (Å²) in [6, 6.07) is 3.42. The van der Waals surface area contributed by atoms with Gasteiger partial charge in [0.1, 0.15) is 11.2 Å². The fourth-order valence-corrected chi connectivity index (χ4v) is 2.98. The van der Waals surface area contributed by atoms with Crippen LogP contribution in [0.4, 0.5) is 9.59 Å². The van der Waals surface area contributed by atoms with Crippen LogP contribution in [0.15, 0.2) is 30.2 Å². The average Bonchev–Trinajstić information content (AvgIpc) is 2.55. The van der Waals surface area contributed by atoms with E-state index in [0.717, 1.165) is 27.4 Å². The van der Waals surface area contributed by atoms with E-state index in [4.69, 9.17) is 9.47 Å². The number of nitrogens with zero attached hydrogens (tertiary/aromatic N) is 1. The molecule has 154 valence electrons. The molecule has 0 saturated carbocycles. The van der Waals surface area contributed by atoms with E-state index in [-0.39, 0.29) is 6.61 Å². The van der Waals surface area contributed by atoms with Crippen molar-refractivity contribution in [2.45, 2.75) is 64.2 Å². The normalized spacial score (nSPS) is 11.5. The highest BCUT2D eigenvalue weighted by molar-refractivity contribution is 7.98. The fourth-order valence-electron chi connectivity index (χ4n) is 2.17. The van der Waals surface area contributed by atoms with E-state index >= 15 is 0 Å². The Morgan fingerprint density at radius 2 is 1.54 bits per heavy atom. The topological polar surface area (TPSA) is 76.1 Å². The molecular formula is C21H29NO5S. The van der Waals surface area contributed by atoms with E-state index in [9.17, 15) is 14.7 Å². The average molecular weight is 408 g/mol. The molecule has 0 atom stereocenters. The van der Waals surface area contributed by atoms with E-state index < -0.39 is 23.4 Å². The molecule has 1 aromatic carbocycles. The third-order valence-corrected chi connectivity index (χ3v) is 4.11. The molecule has 0 fully saturated rings. The summed E-state index contributed by atoms with van der Waals surface area (Å²) in [6.07, 6.45) is 1.55. The third-order valence-electron chi connectivity index (χ3n) is 3.18. The standard InChI is InChI=1S/C21H29NO5S/c1-9-14-11-16(12-15(13-23)17(14)10-2)28-22(18(24)26-20(3,4)5)19(25)27-21(6,7)8/h9-12,23H,1-2,13H2,3-8H3. The summed E-state index contributed by atoms with van der Waals surface area (Å²) in [7, 11) is 0. The molecule has 0 aliphatic carbocycles. The van der Waals surface area contributed by atoms with Gasteiger partial charge in [-0.25, -0.2) is 9.59 Å². The number of carbonyl (C=O) groups excluding carboxylic acids is 2. The summed E-state index contributed by atoms with van der Waals surface area (Å²) in [6.45, 7) is 17.5. The van der Waals surface area contributed by atoms with Crippen molar-refractivity contribution in [1.29, 1.82) is 0 Å². The molecule has 1 N–H and O–H groups in total. The molecule has 0 aliphatic heterocycles. The number of imide groups is 1. The Morgan fingerprint density at radius 3 is 1.89 bits per heavy atom. The minimum atomic E-state index is -0.842. The molecule has 0 spiro atoms. The molecule has 28 heavy (non-hydrogen) atoms. The molecule has 1 rings (SSSR count). The smallest absolute Gasteiger partial charge is 0.430 e. The third kappa shape index (κ3) is 7.05. The number of aliphatic hydroxyl groups is 1. The fraction of sp³-hybridized carbons (Fsp3) is 0.429. The highest BCUT2D eigenvalue weighted by Crippen LogP contribution is 2.31. The molecule has 0 heterocycles. The van der Waals surface area contributed by atoms with E-state index in [2.05, 4.69) is 13.2 Å². The maximum atomic E-state index is 12.6. The van der Waals surface area contributed by atoms with Gasteiger partial charge in [0.05, 0.1) is 6.61 Å². The van der Waals surface area contributed by atoms with E-state index in [1.165, 1.54) is 0 Å². The number of rotatable bonds is 5. The first-order chi connectivity index (χ1) is 12.8. The molecule has 2 amide bonds. The van der Waals surface area contributed by atoms with Crippen LogP contribution in [0, 0.1) is 0 Å². The number of hydrogen-bond donors (Lipinski definition) is 1. The molecule has 0 unspecified atom stereocenters. The lowest BCUT2D eigenvalue weighted by molar-refractivity contribution is 0.0190. The highest BCUT2D eigenvalue weighted by Gasteiger charge is 2.32. The first kappa shape index (κ1) is 23.8. The Bertz CT molecular complexity index is 731. The van der Waals surface area contributed by atoms with Gasteiger partial charge in [0.25, 0.3) is 0 Å². The lowest BCUT2D eigenvalue weighted by atomic mass is 10.0. The SMILES string of the molecule is C=Cc1cc(SN(C(=O)OC(C)(C)C)C(=O)OC(C)(C)C)cc(CO)c1C=C. The zero-order chi connectivity index (χ0) is 21.7. The van der Waals surface area contributed by atoms with Gasteiger partial charge in [0.2, 0.25) is 0 Å². The maximum absolute atomic E-state index is 12.6. The van der Waals surface area contributed by atoms with E-state index in [1.54, 1.807) is 65.8 Å². The lowest BCUT2D eigenvalue weighted by Crippen LogP contribution is -2.39. The zero-order valence-corrected chi connectivity index (χ0v) is 18.2. The van der Waals surface area contributed by atoms with Crippen LogP contribution in [0.1, 0.15) is 58.2 Å². The molecule has 0 radical (unpaired) electrons. The molecule has 1 aromatic rings. The molecule has 0 saturated heterocycles. The summed E-state index contributed by atoms with van der Waals surface area (Å²) >= 11 is 0.856. The molecular weight excluding hydrogens is 378 g/mol. The van der Waals surface area contributed by atoms with E-state index in [0.29, 0.717) is 10.5 Å². The van der Waals surface area contributed by atoms with Crippen molar-refractivity contribution in [1.82, 2.24) is 4.31 Å². The van der Waals surface area contributed by atoms with Crippen LogP contribution in [-0.2, 0) is 16.1 Å². The largest absolute Gasteiger partial charge is 0.443 e. The van der Waals surface area contributed by atoms with Crippen molar-refractivity contribution in [3.05, 3.63) is 42.0 Å². The Morgan fingerprint density at radius 1 is 1.04 bits per heavy atom. The Kier molecular flexibility index (Phi) is 7.90. The first-order valence-corrected chi connectivity index (χ1v) is 9.55. The minimum absolute atomic E-state index is 0.227. The Hall–Kier alpha value is -2.25. The van der Waals surface area contributed by atoms with Crippen LogP contribution in [-0.4, -0.2) is 32.8 Å². The predicted octanol–water partition coefficient (Wildman–Crippen LogP) is 5.64. The molecule has 6 nitrogen and oxygen atoms in total. The molecule has 0 aliphatic rings. The van der Waals surface area contributed by atoms with Gasteiger partial charge in [-0.1, -0.05) is 25.3 Å². The second kappa shape index (κ2) is 9.30. The van der Waals surface area contributed by atoms with Crippen molar-refractivity contribution in [3.8, 4) is 0 Å². The van der Waals surface area contributed by atoms with Crippen LogP contribution < -0.4 is 0 Å². The van der Waals surface area contributed by atoms with Crippen LogP contribution in [0.25, 0.3) is 12.2 Å². The van der Waals surface area contributed by atoms with Crippen molar-refractivity contribution < 1.29 is 24.2 Å². The molecule has 0 aromatic heterocycles. The second-order valence-electron chi connectivity index (χ2n) is 8.00. The van der Waals surface area contributed by atoms with Gasteiger partial charge in [-0.15, -0.1) is 4.31 Å². The van der Waals surface area contributed by atoms with Gasteiger partial charge >= 0.3 is 12.2 Å². The van der Waals surface area contributed by atoms with Crippen molar-refractivity contribution in [2.24, 2.45) is 0 Å². The Labute approximate surface area is 171 Å². The number of aliphatic hydroxyl groups excluding tert-OH is 1. The molecule has 7 heteroatoms. The minimum Gasteiger partial charge on any atom is -0.443 e. The summed E-state index contributed by atoms with van der Waals surface area (Å²) in [5, 5.41) is 9.66. The second-order valence-corrected chi connectivity index (χ2v) is 9.02. The first-order valence-electron chi connectivity index (χ1n) is 8.78. The zero-order valence-electron chi connectivity index (χ0n) is 17.4. The summed E-state index contributed by atoms with van der Waals surface area (Å²) in [4.78, 5) is 25.8. The van der Waals surface area contributed by atoms with Gasteiger partial charge in [0, 0.05) is 16.8 Å². The Balaban J connectivity index is 3.32. The van der Waals surface area contributed by atoms with Crippen LogP contribution in [0.5, 0.6) is 0 Å². The molecule has 0 bridgehead atoms. The maximum Gasteiger partial charge on any atom is 0.430 e. The quantitative estimate of drug-likeness (QED) is 0.636. The lowest BCUT2D eigenvalue weighted by Gasteiger charge is -2.28. The predicted molar refractivity (Wildman–Crippen MR) is 113 cm³/mol. The highest BCUT2D eigenvalue weighted by atomic mass is 32.2. The van der Waals surface area contributed by atoms with Crippen LogP contribution in [0.3, 0.4) is 0 Å². The van der Waals surface area contributed by atoms with E-state index in [1.807, 2.05) is 0 Å². The van der Waals surface area contributed by atoms with Gasteiger partial charge in [-0.3, -0.25) is 0 Å². The number of amides is 2. The van der Waals surface area contributed by atoms with Gasteiger partial charge in [0.15, 0.2) is 0 Å².